The minimum Gasteiger partial charge on any atom is -0.385 e. The molecular weight excluding hydrogens is 256 g/mol. The molecule has 19 heavy (non-hydrogen) atoms. The molecule has 0 amide bonds. The maximum Gasteiger partial charge on any atom is 0.260 e. The fourth-order valence-corrected chi connectivity index (χ4v) is 3.07. The second-order valence-corrected chi connectivity index (χ2v) is 6.06. The Morgan fingerprint density at radius 3 is 2.84 bits per heavy atom. The van der Waals surface area contributed by atoms with Crippen LogP contribution in [0.15, 0.2) is 35.1 Å². The molecule has 0 aliphatic rings. The van der Waals surface area contributed by atoms with Crippen LogP contribution in [0.25, 0.3) is 10.8 Å². The van der Waals surface area contributed by atoms with Gasteiger partial charge in [0.1, 0.15) is 5.82 Å². The first-order valence-corrected chi connectivity index (χ1v) is 7.78. The van der Waals surface area contributed by atoms with E-state index in [0.29, 0.717) is 5.82 Å². The highest BCUT2D eigenvalue weighted by Crippen LogP contribution is 2.20. The van der Waals surface area contributed by atoms with Gasteiger partial charge in [0.2, 0.25) is 0 Å². The average Bonchev–Trinajstić information content (AvgIpc) is 2.39. The molecule has 2 aromatic rings. The van der Waals surface area contributed by atoms with Crippen molar-refractivity contribution >= 4 is 28.4 Å². The molecule has 0 saturated heterocycles. The predicted molar refractivity (Wildman–Crippen MR) is 84.9 cm³/mol. The van der Waals surface area contributed by atoms with Crippen molar-refractivity contribution in [3.05, 3.63) is 40.7 Å². The molecule has 1 heterocycles. The van der Waals surface area contributed by atoms with E-state index in [2.05, 4.69) is 13.8 Å². The summed E-state index contributed by atoms with van der Waals surface area (Å²) in [7, 11) is 0. The predicted octanol–water partition coefficient (Wildman–Crippen LogP) is 3.29. The molecule has 0 spiro atoms. The van der Waals surface area contributed by atoms with Crippen LogP contribution in [-0.4, -0.2) is 16.1 Å². The zero-order valence-corrected chi connectivity index (χ0v) is 12.2. The summed E-state index contributed by atoms with van der Waals surface area (Å²) in [5.74, 6) is 2.71. The first kappa shape index (κ1) is 14.0. The monoisotopic (exact) mass is 276 g/mol. The van der Waals surface area contributed by atoms with E-state index in [4.69, 9.17) is 5.73 Å². The summed E-state index contributed by atoms with van der Waals surface area (Å²) in [5, 5.41) is 1.66. The lowest BCUT2D eigenvalue weighted by Gasteiger charge is -2.18. The molecular formula is C15H20N2OS. The van der Waals surface area contributed by atoms with Gasteiger partial charge in [-0.15, -0.1) is 0 Å². The number of nitrogen functional groups attached to an aromatic ring is 1. The Hall–Kier alpha value is -1.42. The van der Waals surface area contributed by atoms with Gasteiger partial charge in [0, 0.05) is 11.4 Å². The molecule has 102 valence electrons. The summed E-state index contributed by atoms with van der Waals surface area (Å²) < 4.78 is 1.72. The number of anilines is 1. The molecule has 0 aliphatic heterocycles. The Balaban J connectivity index is 2.40. The quantitative estimate of drug-likeness (QED) is 0.852. The Morgan fingerprint density at radius 1 is 1.37 bits per heavy atom. The van der Waals surface area contributed by atoms with Crippen molar-refractivity contribution < 1.29 is 0 Å². The second-order valence-electron chi connectivity index (χ2n) is 4.67. The third-order valence-corrected chi connectivity index (χ3v) is 4.25. The lowest BCUT2D eigenvalue weighted by Crippen LogP contribution is -2.26. The average molecular weight is 276 g/mol. The van der Waals surface area contributed by atoms with E-state index in [0.717, 1.165) is 28.7 Å². The summed E-state index contributed by atoms with van der Waals surface area (Å²) in [6.07, 6.45) is 0.959. The van der Waals surface area contributed by atoms with Crippen molar-refractivity contribution in [2.24, 2.45) is 0 Å². The number of thioether (sulfide) groups is 1. The molecule has 2 rings (SSSR count). The van der Waals surface area contributed by atoms with Gasteiger partial charge in [-0.2, -0.15) is 11.8 Å². The SMILES string of the molecule is CCSCCC(C)n1c(N)cc2ccccc2c1=O. The largest absolute Gasteiger partial charge is 0.385 e. The number of fused-ring (bicyclic) bond motifs is 1. The van der Waals surface area contributed by atoms with Gasteiger partial charge >= 0.3 is 0 Å². The van der Waals surface area contributed by atoms with E-state index in [-0.39, 0.29) is 11.6 Å². The minimum absolute atomic E-state index is 0.0181. The van der Waals surface area contributed by atoms with Gasteiger partial charge in [0.15, 0.2) is 0 Å². The number of rotatable bonds is 5. The van der Waals surface area contributed by atoms with Crippen LogP contribution < -0.4 is 11.3 Å². The van der Waals surface area contributed by atoms with Crippen molar-refractivity contribution in [3.63, 3.8) is 0 Å². The summed E-state index contributed by atoms with van der Waals surface area (Å²) in [5.41, 5.74) is 6.07. The zero-order valence-electron chi connectivity index (χ0n) is 11.4. The number of nitrogens with zero attached hydrogens (tertiary/aromatic N) is 1. The third-order valence-electron chi connectivity index (χ3n) is 3.32. The van der Waals surface area contributed by atoms with Crippen LogP contribution >= 0.6 is 11.8 Å². The van der Waals surface area contributed by atoms with Gasteiger partial charge in [0.25, 0.3) is 5.56 Å². The molecule has 1 aromatic carbocycles. The van der Waals surface area contributed by atoms with E-state index in [1.54, 1.807) is 4.57 Å². The first-order valence-electron chi connectivity index (χ1n) is 6.62. The number of hydrogen-bond acceptors (Lipinski definition) is 3. The van der Waals surface area contributed by atoms with E-state index in [1.165, 1.54) is 0 Å². The van der Waals surface area contributed by atoms with Crippen molar-refractivity contribution in [1.29, 1.82) is 0 Å². The van der Waals surface area contributed by atoms with Crippen molar-refractivity contribution in [3.8, 4) is 0 Å². The lowest BCUT2D eigenvalue weighted by molar-refractivity contribution is 0.528. The molecule has 1 unspecified atom stereocenters. The zero-order chi connectivity index (χ0) is 13.8. The molecule has 1 aromatic heterocycles. The molecule has 0 saturated carbocycles. The number of hydrogen-bond donors (Lipinski definition) is 1. The number of pyridine rings is 1. The van der Waals surface area contributed by atoms with Gasteiger partial charge < -0.3 is 5.73 Å². The maximum atomic E-state index is 12.5. The highest BCUT2D eigenvalue weighted by atomic mass is 32.2. The van der Waals surface area contributed by atoms with Crippen LogP contribution in [0.4, 0.5) is 5.82 Å². The fraction of sp³-hybridized carbons (Fsp3) is 0.400. The maximum absolute atomic E-state index is 12.5. The van der Waals surface area contributed by atoms with Gasteiger partial charge in [0.05, 0.1) is 0 Å². The highest BCUT2D eigenvalue weighted by Gasteiger charge is 2.12. The normalized spacial score (nSPS) is 12.7. The first-order chi connectivity index (χ1) is 9.15. The van der Waals surface area contributed by atoms with Crippen molar-refractivity contribution in [2.45, 2.75) is 26.3 Å². The van der Waals surface area contributed by atoms with Crippen LogP contribution in [0.5, 0.6) is 0 Å². The standard InChI is InChI=1S/C15H20N2OS/c1-3-19-9-8-11(2)17-14(16)10-12-6-4-5-7-13(12)15(17)18/h4-7,10-11H,3,8-9,16H2,1-2H3. The number of benzene rings is 1. The smallest absolute Gasteiger partial charge is 0.260 e. The summed E-state index contributed by atoms with van der Waals surface area (Å²) in [6, 6.07) is 9.63. The van der Waals surface area contributed by atoms with Gasteiger partial charge in [-0.1, -0.05) is 25.1 Å². The van der Waals surface area contributed by atoms with Crippen LogP contribution in [0.3, 0.4) is 0 Å². The lowest BCUT2D eigenvalue weighted by atomic mass is 10.1. The van der Waals surface area contributed by atoms with E-state index < -0.39 is 0 Å². The summed E-state index contributed by atoms with van der Waals surface area (Å²) >= 11 is 1.89. The van der Waals surface area contributed by atoms with Gasteiger partial charge in [-0.25, -0.2) is 0 Å². The van der Waals surface area contributed by atoms with Crippen molar-refractivity contribution in [1.82, 2.24) is 4.57 Å². The molecule has 0 radical (unpaired) electrons. The van der Waals surface area contributed by atoms with Crippen LogP contribution in [-0.2, 0) is 0 Å². The highest BCUT2D eigenvalue weighted by molar-refractivity contribution is 7.99. The Kier molecular flexibility index (Phi) is 4.53. The van der Waals surface area contributed by atoms with Crippen LogP contribution in [0.1, 0.15) is 26.3 Å². The van der Waals surface area contributed by atoms with E-state index in [1.807, 2.05) is 42.1 Å². The minimum atomic E-state index is 0.0181. The van der Waals surface area contributed by atoms with Crippen LogP contribution in [0.2, 0.25) is 0 Å². The molecule has 4 heteroatoms. The Bertz CT molecular complexity index is 621. The molecule has 1 atom stereocenters. The van der Waals surface area contributed by atoms with Gasteiger partial charge in [-0.3, -0.25) is 9.36 Å². The van der Waals surface area contributed by atoms with Crippen LogP contribution in [0, 0.1) is 0 Å². The number of aromatic nitrogens is 1. The molecule has 0 fully saturated rings. The molecule has 0 bridgehead atoms. The fourth-order valence-electron chi connectivity index (χ4n) is 2.28. The van der Waals surface area contributed by atoms with Gasteiger partial charge in [-0.05, 0) is 42.4 Å². The molecule has 3 nitrogen and oxygen atoms in total. The molecule has 2 N–H and O–H groups in total. The second kappa shape index (κ2) is 6.15. The Labute approximate surface area is 117 Å². The van der Waals surface area contributed by atoms with E-state index in [9.17, 15) is 4.79 Å². The van der Waals surface area contributed by atoms with E-state index >= 15 is 0 Å². The third kappa shape index (κ3) is 2.95. The summed E-state index contributed by atoms with van der Waals surface area (Å²) in [6.45, 7) is 4.20. The van der Waals surface area contributed by atoms with Crippen molar-refractivity contribution in [2.75, 3.05) is 17.2 Å². The number of nitrogens with two attached hydrogens (primary N) is 1. The Morgan fingerprint density at radius 2 is 2.11 bits per heavy atom. The topological polar surface area (TPSA) is 48.0 Å². The molecule has 0 aliphatic carbocycles. The summed E-state index contributed by atoms with van der Waals surface area (Å²) in [4.78, 5) is 12.5.